The molecule has 9 nitrogen and oxygen atoms in total. The van der Waals surface area contributed by atoms with Gasteiger partial charge in [0.25, 0.3) is 0 Å². The number of aryl methyl sites for hydroxylation is 1. The number of fused-ring (bicyclic) bond motifs is 9. The highest BCUT2D eigenvalue weighted by Gasteiger charge is 2.41. The summed E-state index contributed by atoms with van der Waals surface area (Å²) in [6.45, 7) is 0.575. The maximum Gasteiger partial charge on any atom is 0.161 e. The molecule has 0 fully saturated rings. The zero-order valence-electron chi connectivity index (χ0n) is 27.5. The number of ether oxygens (including phenoxy) is 3. The van der Waals surface area contributed by atoms with Gasteiger partial charge in [-0.2, -0.15) is 0 Å². The molecular weight excluding hydrogens is 622 g/mol. The monoisotopic (exact) mass is 663 g/mol. The molecule has 0 aromatic heterocycles. The van der Waals surface area contributed by atoms with Gasteiger partial charge in [-0.3, -0.25) is 4.99 Å². The fourth-order valence-corrected chi connectivity index (χ4v) is 8.25. The molecule has 9 heteroatoms. The summed E-state index contributed by atoms with van der Waals surface area (Å²) in [5, 5.41) is 55.1. The number of phenolic OH excluding ortho intramolecular Hbond substituents is 2. The van der Waals surface area contributed by atoms with E-state index in [0.29, 0.717) is 67.7 Å². The molecule has 1 aliphatic carbocycles. The van der Waals surface area contributed by atoms with Crippen LogP contribution in [0.3, 0.4) is 0 Å². The molecule has 0 saturated carbocycles. The number of methoxy groups -OCH3 is 1. The first-order valence-electron chi connectivity index (χ1n) is 17.2. The minimum Gasteiger partial charge on any atom is -0.508 e. The lowest BCUT2D eigenvalue weighted by Gasteiger charge is -2.40. The number of phenols is 2. The van der Waals surface area contributed by atoms with Gasteiger partial charge in [-0.15, -0.1) is 0 Å². The van der Waals surface area contributed by atoms with Gasteiger partial charge in [0.1, 0.15) is 29.5 Å². The number of aliphatic hydroxyl groups is 3. The number of aliphatic hydroxyl groups excluding tert-OH is 3. The SMILES string of the molecule is COc1cc(C2Oc3c(c4c(c5c3CCC(CO)O5)-c3ccc(O)cc3C(Cc3ccc5c(c3)=CCN=5)C4)CC2O)cc(CCCO)c1O. The Morgan fingerprint density at radius 2 is 1.82 bits per heavy atom. The predicted molar refractivity (Wildman–Crippen MR) is 183 cm³/mol. The van der Waals surface area contributed by atoms with Crippen molar-refractivity contribution in [3.63, 3.8) is 0 Å². The molecule has 8 rings (SSSR count). The molecule has 4 aliphatic rings. The molecule has 0 bridgehead atoms. The van der Waals surface area contributed by atoms with Crippen molar-refractivity contribution >= 4 is 6.08 Å². The van der Waals surface area contributed by atoms with Gasteiger partial charge in [-0.25, -0.2) is 0 Å². The van der Waals surface area contributed by atoms with E-state index in [0.717, 1.165) is 50.4 Å². The highest BCUT2D eigenvalue weighted by Crippen LogP contribution is 2.56. The van der Waals surface area contributed by atoms with Crippen LogP contribution in [0.15, 0.2) is 53.5 Å². The number of hydrogen-bond donors (Lipinski definition) is 5. The topological polar surface area (TPSA) is 141 Å². The van der Waals surface area contributed by atoms with Gasteiger partial charge < -0.3 is 39.7 Å². The van der Waals surface area contributed by atoms with E-state index < -0.39 is 12.2 Å². The molecule has 0 radical (unpaired) electrons. The molecule has 4 aromatic rings. The average Bonchev–Trinajstić information content (AvgIpc) is 3.59. The Morgan fingerprint density at radius 1 is 0.939 bits per heavy atom. The van der Waals surface area contributed by atoms with Crippen molar-refractivity contribution in [2.45, 2.75) is 69.2 Å². The second-order valence-corrected chi connectivity index (χ2v) is 13.6. The van der Waals surface area contributed by atoms with Crippen molar-refractivity contribution in [1.82, 2.24) is 0 Å². The summed E-state index contributed by atoms with van der Waals surface area (Å²) in [5.41, 5.74) is 8.39. The molecule has 4 unspecified atom stereocenters. The Hall–Kier alpha value is -4.57. The van der Waals surface area contributed by atoms with Gasteiger partial charge in [0.05, 0.1) is 31.7 Å². The van der Waals surface area contributed by atoms with Crippen LogP contribution in [0.2, 0.25) is 0 Å². The second-order valence-electron chi connectivity index (χ2n) is 13.6. The zero-order valence-corrected chi connectivity index (χ0v) is 27.5. The number of hydrogen-bond acceptors (Lipinski definition) is 9. The van der Waals surface area contributed by atoms with Crippen molar-refractivity contribution in [2.75, 3.05) is 26.9 Å². The van der Waals surface area contributed by atoms with E-state index in [1.807, 2.05) is 18.2 Å². The van der Waals surface area contributed by atoms with Crippen LogP contribution in [0.25, 0.3) is 17.2 Å². The Labute approximate surface area is 284 Å². The zero-order chi connectivity index (χ0) is 33.8. The standard InChI is InChI=1S/C40H41NO8/c1-47-35-17-25(15-23(37(35)46)3-2-12-42)38-34(45)19-32-31-16-24(14-21-4-9-33-22(13-21)10-11-41-33)30-18-26(44)5-7-28(30)36(31)40-29(39(32)49-38)8-6-27(20-43)48-40/h4-5,7,9-10,13,15,17-18,24,27,34,38,42-46H,2-3,6,8,11-12,14,16,19-20H2,1H3. The summed E-state index contributed by atoms with van der Waals surface area (Å²) in [4.78, 5) is 4.55. The van der Waals surface area contributed by atoms with Crippen LogP contribution in [0.5, 0.6) is 28.7 Å². The van der Waals surface area contributed by atoms with Crippen molar-refractivity contribution in [3.05, 3.63) is 98.1 Å². The van der Waals surface area contributed by atoms with Gasteiger partial charge in [-0.1, -0.05) is 18.2 Å². The summed E-state index contributed by atoms with van der Waals surface area (Å²) in [6, 6.07) is 15.5. The first kappa shape index (κ1) is 31.7. The van der Waals surface area contributed by atoms with E-state index in [4.69, 9.17) is 14.2 Å². The van der Waals surface area contributed by atoms with Crippen molar-refractivity contribution in [1.29, 1.82) is 0 Å². The number of nitrogens with zero attached hydrogens (tertiary/aromatic N) is 1. The maximum atomic E-state index is 11.8. The Balaban J connectivity index is 1.26. The second kappa shape index (κ2) is 12.7. The fourth-order valence-electron chi connectivity index (χ4n) is 8.25. The largest absolute Gasteiger partial charge is 0.508 e. The van der Waals surface area contributed by atoms with Crippen molar-refractivity contribution in [2.24, 2.45) is 4.99 Å². The van der Waals surface area contributed by atoms with Gasteiger partial charge in [0, 0.05) is 29.7 Å². The third-order valence-electron chi connectivity index (χ3n) is 10.6. The normalized spacial score (nSPS) is 21.5. The lowest BCUT2D eigenvalue weighted by atomic mass is 9.72. The summed E-state index contributed by atoms with van der Waals surface area (Å²) in [7, 11) is 1.49. The highest BCUT2D eigenvalue weighted by molar-refractivity contribution is 5.85. The molecule has 0 saturated heterocycles. The lowest BCUT2D eigenvalue weighted by Crippen LogP contribution is -2.34. The Kier molecular flexibility index (Phi) is 8.22. The van der Waals surface area contributed by atoms with Crippen LogP contribution >= 0.6 is 0 Å². The quantitative estimate of drug-likeness (QED) is 0.192. The maximum absolute atomic E-state index is 11.8. The summed E-state index contributed by atoms with van der Waals surface area (Å²) >= 11 is 0. The molecule has 0 spiro atoms. The van der Waals surface area contributed by atoms with E-state index in [9.17, 15) is 25.5 Å². The molecule has 0 amide bonds. The average molecular weight is 664 g/mol. The third-order valence-corrected chi connectivity index (χ3v) is 10.6. The van der Waals surface area contributed by atoms with Crippen LogP contribution in [-0.2, 0) is 32.1 Å². The molecule has 49 heavy (non-hydrogen) atoms. The van der Waals surface area contributed by atoms with Gasteiger partial charge in [0.15, 0.2) is 11.5 Å². The van der Waals surface area contributed by atoms with Gasteiger partial charge >= 0.3 is 0 Å². The van der Waals surface area contributed by atoms with Crippen LogP contribution in [0, 0.1) is 0 Å². The molecule has 3 aliphatic heterocycles. The van der Waals surface area contributed by atoms with E-state index in [-0.39, 0.29) is 42.5 Å². The Morgan fingerprint density at radius 3 is 2.63 bits per heavy atom. The molecule has 4 aromatic carbocycles. The number of aromatic hydroxyl groups is 2. The fraction of sp³-hybridized carbons (Fsp3) is 0.375. The first-order valence-corrected chi connectivity index (χ1v) is 17.2. The summed E-state index contributed by atoms with van der Waals surface area (Å²) < 4.78 is 18.9. The van der Waals surface area contributed by atoms with E-state index in [1.165, 1.54) is 12.7 Å². The molecule has 5 N–H and O–H groups in total. The molecular formula is C40H41NO8. The van der Waals surface area contributed by atoms with Crippen molar-refractivity contribution in [3.8, 4) is 39.9 Å². The first-order chi connectivity index (χ1) is 23.9. The van der Waals surface area contributed by atoms with Crippen LogP contribution < -0.4 is 24.8 Å². The van der Waals surface area contributed by atoms with Crippen LogP contribution in [0.4, 0.5) is 0 Å². The predicted octanol–water partition coefficient (Wildman–Crippen LogP) is 3.72. The van der Waals surface area contributed by atoms with E-state index in [2.05, 4.69) is 29.3 Å². The highest BCUT2D eigenvalue weighted by atomic mass is 16.5. The van der Waals surface area contributed by atoms with E-state index in [1.54, 1.807) is 12.1 Å². The Bertz CT molecular complexity index is 2070. The van der Waals surface area contributed by atoms with Gasteiger partial charge in [0.2, 0.25) is 0 Å². The lowest BCUT2D eigenvalue weighted by molar-refractivity contribution is 0.0180. The van der Waals surface area contributed by atoms with Crippen molar-refractivity contribution < 1.29 is 39.7 Å². The van der Waals surface area contributed by atoms with Crippen LogP contribution in [0.1, 0.15) is 63.8 Å². The molecule has 3 heterocycles. The van der Waals surface area contributed by atoms with Crippen LogP contribution in [-0.4, -0.2) is 64.6 Å². The van der Waals surface area contributed by atoms with E-state index >= 15 is 0 Å². The minimum absolute atomic E-state index is 0.0154. The summed E-state index contributed by atoms with van der Waals surface area (Å²) in [6.07, 6.45) is 4.08. The number of rotatable bonds is 8. The minimum atomic E-state index is -0.889. The smallest absolute Gasteiger partial charge is 0.161 e. The summed E-state index contributed by atoms with van der Waals surface area (Å²) in [5.74, 6) is 1.95. The number of benzene rings is 4. The molecule has 4 atom stereocenters. The van der Waals surface area contributed by atoms with Gasteiger partial charge in [-0.05, 0) is 119 Å². The third kappa shape index (κ3) is 5.50. The molecule has 254 valence electrons.